The molecule has 2 aliphatic rings. The van der Waals surface area contributed by atoms with Crippen molar-refractivity contribution in [2.24, 2.45) is 0 Å². The van der Waals surface area contributed by atoms with E-state index in [2.05, 4.69) is 5.32 Å². The van der Waals surface area contributed by atoms with Gasteiger partial charge in [0.05, 0.1) is 11.4 Å². The number of halogens is 2. The fraction of sp³-hybridized carbons (Fsp3) is 0.318. The summed E-state index contributed by atoms with van der Waals surface area (Å²) in [6, 6.07) is 9.06. The summed E-state index contributed by atoms with van der Waals surface area (Å²) < 4.78 is 19.0. The fourth-order valence-corrected chi connectivity index (χ4v) is 4.05. The highest BCUT2D eigenvalue weighted by molar-refractivity contribution is 6.39. The van der Waals surface area contributed by atoms with E-state index in [4.69, 9.17) is 16.3 Å². The van der Waals surface area contributed by atoms with E-state index >= 15 is 0 Å². The third-order valence-electron chi connectivity index (χ3n) is 5.56. The van der Waals surface area contributed by atoms with Gasteiger partial charge in [-0.25, -0.2) is 4.39 Å². The van der Waals surface area contributed by atoms with E-state index in [0.29, 0.717) is 30.2 Å². The Bertz CT molecular complexity index is 1080. The van der Waals surface area contributed by atoms with Crippen LogP contribution in [-0.4, -0.2) is 47.9 Å². The lowest BCUT2D eigenvalue weighted by molar-refractivity contribution is -0.145. The second-order valence-corrected chi connectivity index (χ2v) is 8.24. The Balaban J connectivity index is 1.43. The molecular formula is C22H21ClFN3O4. The van der Waals surface area contributed by atoms with Gasteiger partial charge in [-0.1, -0.05) is 17.7 Å². The van der Waals surface area contributed by atoms with Crippen molar-refractivity contribution >= 4 is 40.8 Å². The van der Waals surface area contributed by atoms with Crippen molar-refractivity contribution in [1.29, 1.82) is 0 Å². The number of nitrogens with one attached hydrogen (secondary N) is 1. The van der Waals surface area contributed by atoms with Gasteiger partial charge in [-0.2, -0.15) is 0 Å². The number of fused-ring (bicyclic) bond motifs is 1. The minimum atomic E-state index is -0.769. The van der Waals surface area contributed by atoms with E-state index in [0.717, 1.165) is 5.56 Å². The molecule has 2 atom stereocenters. The number of anilines is 2. The molecule has 2 aromatic carbocycles. The number of rotatable bonds is 2. The Labute approximate surface area is 183 Å². The van der Waals surface area contributed by atoms with Crippen LogP contribution < -0.4 is 15.0 Å². The molecule has 0 radical (unpaired) electrons. The quantitative estimate of drug-likeness (QED) is 0.437. The van der Waals surface area contributed by atoms with Gasteiger partial charge < -0.3 is 19.9 Å². The van der Waals surface area contributed by atoms with Gasteiger partial charge in [0, 0.05) is 48.2 Å². The molecule has 0 spiro atoms. The molecule has 162 valence electrons. The predicted octanol–water partition coefficient (Wildman–Crippen LogP) is 3.00. The van der Waals surface area contributed by atoms with Gasteiger partial charge in [0.15, 0.2) is 0 Å². The highest BCUT2D eigenvalue weighted by Gasteiger charge is 2.35. The Morgan fingerprint density at radius 3 is 2.65 bits per heavy atom. The summed E-state index contributed by atoms with van der Waals surface area (Å²) in [6.07, 6.45) is 0.194. The number of carbonyl (C=O) groups is 3. The number of esters is 1. The van der Waals surface area contributed by atoms with Gasteiger partial charge >= 0.3 is 17.8 Å². The molecule has 4 rings (SSSR count). The SMILES string of the molecule is C[C@@H]1CN(c2ccc(Cl)c(F)c2)[C@H](C)CN1C(=O)C(=O)Nc1ccc2c(c1)OC(=O)C2. The summed E-state index contributed by atoms with van der Waals surface area (Å²) in [4.78, 5) is 40.3. The maximum absolute atomic E-state index is 13.9. The molecule has 0 unspecified atom stereocenters. The van der Waals surface area contributed by atoms with Crippen molar-refractivity contribution in [1.82, 2.24) is 4.90 Å². The van der Waals surface area contributed by atoms with E-state index < -0.39 is 17.6 Å². The van der Waals surface area contributed by atoms with E-state index in [1.54, 1.807) is 18.2 Å². The number of benzene rings is 2. The average molecular weight is 446 g/mol. The Kier molecular flexibility index (Phi) is 5.58. The molecule has 0 saturated carbocycles. The van der Waals surface area contributed by atoms with Crippen LogP contribution >= 0.6 is 11.6 Å². The van der Waals surface area contributed by atoms with Gasteiger partial charge in [0.25, 0.3) is 0 Å². The summed E-state index contributed by atoms with van der Waals surface area (Å²) in [5, 5.41) is 2.63. The summed E-state index contributed by atoms with van der Waals surface area (Å²) in [5.74, 6) is -1.89. The highest BCUT2D eigenvalue weighted by atomic mass is 35.5. The van der Waals surface area contributed by atoms with E-state index in [9.17, 15) is 18.8 Å². The highest BCUT2D eigenvalue weighted by Crippen LogP contribution is 2.30. The Morgan fingerprint density at radius 2 is 1.90 bits per heavy atom. The summed E-state index contributed by atoms with van der Waals surface area (Å²) >= 11 is 5.77. The van der Waals surface area contributed by atoms with Crippen LogP contribution in [0.3, 0.4) is 0 Å². The second-order valence-electron chi connectivity index (χ2n) is 7.83. The Morgan fingerprint density at radius 1 is 1.13 bits per heavy atom. The van der Waals surface area contributed by atoms with E-state index in [1.807, 2.05) is 18.7 Å². The lowest BCUT2D eigenvalue weighted by atomic mass is 10.1. The number of hydrogen-bond donors (Lipinski definition) is 1. The topological polar surface area (TPSA) is 79.0 Å². The average Bonchev–Trinajstić information content (AvgIpc) is 3.10. The predicted molar refractivity (Wildman–Crippen MR) is 114 cm³/mol. The van der Waals surface area contributed by atoms with Crippen molar-refractivity contribution in [3.63, 3.8) is 0 Å². The third-order valence-corrected chi connectivity index (χ3v) is 5.87. The maximum Gasteiger partial charge on any atom is 0.315 e. The first kappa shape index (κ1) is 21.1. The number of ether oxygens (including phenoxy) is 1. The van der Waals surface area contributed by atoms with Crippen molar-refractivity contribution in [3.05, 3.63) is 52.8 Å². The molecule has 1 fully saturated rings. The molecule has 0 aliphatic carbocycles. The van der Waals surface area contributed by atoms with E-state index in [1.165, 1.54) is 23.1 Å². The van der Waals surface area contributed by atoms with Crippen molar-refractivity contribution < 1.29 is 23.5 Å². The minimum Gasteiger partial charge on any atom is -0.426 e. The lowest BCUT2D eigenvalue weighted by Crippen LogP contribution is -2.60. The molecule has 7 nitrogen and oxygen atoms in total. The standard InChI is InChI=1S/C22H21ClFN3O4/c1-12-11-27(13(2)10-26(12)16-5-6-17(23)18(24)9-16)22(30)21(29)25-15-4-3-14-7-20(28)31-19(14)8-15/h3-6,8-9,12-13H,7,10-11H2,1-2H3,(H,25,29)/t12-,13-/m1/s1. The molecule has 9 heteroatoms. The van der Waals surface area contributed by atoms with Crippen LogP contribution in [0.1, 0.15) is 19.4 Å². The second kappa shape index (κ2) is 8.19. The first-order valence-electron chi connectivity index (χ1n) is 9.90. The molecule has 2 aliphatic heterocycles. The largest absolute Gasteiger partial charge is 0.426 e. The molecule has 1 N–H and O–H groups in total. The number of nitrogens with zero attached hydrogens (tertiary/aromatic N) is 2. The van der Waals surface area contributed by atoms with Crippen molar-refractivity contribution in [3.8, 4) is 5.75 Å². The van der Waals surface area contributed by atoms with Gasteiger partial charge in [-0.05, 0) is 38.1 Å². The first-order chi connectivity index (χ1) is 14.7. The minimum absolute atomic E-state index is 0.0521. The van der Waals surface area contributed by atoms with Crippen molar-refractivity contribution in [2.75, 3.05) is 23.3 Å². The normalized spacial score (nSPS) is 20.3. The zero-order chi connectivity index (χ0) is 22.3. The number of carbonyl (C=O) groups excluding carboxylic acids is 3. The Hall–Kier alpha value is -3.13. The molecule has 1 saturated heterocycles. The summed E-state index contributed by atoms with van der Waals surface area (Å²) in [6.45, 7) is 4.49. The van der Waals surface area contributed by atoms with Crippen LogP contribution in [0.2, 0.25) is 5.02 Å². The molecular weight excluding hydrogens is 425 g/mol. The molecule has 2 heterocycles. The number of amides is 2. The van der Waals surface area contributed by atoms with Gasteiger partial charge in [-0.3, -0.25) is 14.4 Å². The van der Waals surface area contributed by atoms with Gasteiger partial charge in [-0.15, -0.1) is 0 Å². The van der Waals surface area contributed by atoms with Gasteiger partial charge in [0.1, 0.15) is 11.6 Å². The first-order valence-corrected chi connectivity index (χ1v) is 10.3. The van der Waals surface area contributed by atoms with Crippen LogP contribution in [0.25, 0.3) is 0 Å². The van der Waals surface area contributed by atoms with Crippen LogP contribution in [-0.2, 0) is 20.8 Å². The third kappa shape index (κ3) is 4.20. The van der Waals surface area contributed by atoms with Crippen LogP contribution in [0.15, 0.2) is 36.4 Å². The molecule has 0 bridgehead atoms. The van der Waals surface area contributed by atoms with Crippen LogP contribution in [0.4, 0.5) is 15.8 Å². The van der Waals surface area contributed by atoms with Crippen LogP contribution in [0, 0.1) is 5.82 Å². The molecule has 0 aromatic heterocycles. The monoisotopic (exact) mass is 445 g/mol. The maximum atomic E-state index is 13.9. The number of piperazine rings is 1. The zero-order valence-electron chi connectivity index (χ0n) is 17.0. The van der Waals surface area contributed by atoms with Crippen LogP contribution in [0.5, 0.6) is 5.75 Å². The number of hydrogen-bond acceptors (Lipinski definition) is 5. The van der Waals surface area contributed by atoms with Gasteiger partial charge in [0.2, 0.25) is 0 Å². The smallest absolute Gasteiger partial charge is 0.315 e. The molecule has 2 aromatic rings. The van der Waals surface area contributed by atoms with E-state index in [-0.39, 0.29) is 29.5 Å². The summed E-state index contributed by atoms with van der Waals surface area (Å²) in [5.41, 5.74) is 1.79. The lowest BCUT2D eigenvalue weighted by Gasteiger charge is -2.45. The van der Waals surface area contributed by atoms with Crippen molar-refractivity contribution in [2.45, 2.75) is 32.4 Å². The zero-order valence-corrected chi connectivity index (χ0v) is 17.8. The molecule has 2 amide bonds. The molecule has 31 heavy (non-hydrogen) atoms. The fourth-order valence-electron chi connectivity index (χ4n) is 3.94. The summed E-state index contributed by atoms with van der Waals surface area (Å²) in [7, 11) is 0.